The molecule has 19 heavy (non-hydrogen) atoms. The van der Waals surface area contributed by atoms with Crippen molar-refractivity contribution in [3.8, 4) is 11.3 Å². The molecule has 4 heteroatoms. The van der Waals surface area contributed by atoms with Crippen molar-refractivity contribution < 1.29 is 9.53 Å². The van der Waals surface area contributed by atoms with E-state index in [1.807, 2.05) is 43.3 Å². The van der Waals surface area contributed by atoms with Crippen molar-refractivity contribution in [1.29, 1.82) is 0 Å². The Morgan fingerprint density at radius 2 is 1.95 bits per heavy atom. The Hall–Kier alpha value is -2.23. The van der Waals surface area contributed by atoms with Crippen molar-refractivity contribution >= 4 is 5.97 Å². The maximum Gasteiger partial charge on any atom is 0.305 e. The third-order valence-corrected chi connectivity index (χ3v) is 2.75. The molecule has 0 aliphatic rings. The minimum Gasteiger partial charge on any atom is -0.469 e. The van der Waals surface area contributed by atoms with Gasteiger partial charge in [-0.25, -0.2) is 9.97 Å². The third kappa shape index (κ3) is 3.61. The molecule has 1 aromatic heterocycles. The van der Waals surface area contributed by atoms with Gasteiger partial charge >= 0.3 is 5.97 Å². The molecule has 0 atom stereocenters. The molecule has 1 aromatic carbocycles. The van der Waals surface area contributed by atoms with Crippen LogP contribution in [0, 0.1) is 6.92 Å². The van der Waals surface area contributed by atoms with Crippen molar-refractivity contribution in [2.45, 2.75) is 19.8 Å². The molecular weight excluding hydrogens is 240 g/mol. The minimum atomic E-state index is -0.244. The van der Waals surface area contributed by atoms with Gasteiger partial charge in [-0.1, -0.05) is 30.3 Å². The smallest absolute Gasteiger partial charge is 0.305 e. The maximum absolute atomic E-state index is 11.1. The van der Waals surface area contributed by atoms with Crippen LogP contribution in [0.25, 0.3) is 11.3 Å². The Morgan fingerprint density at radius 3 is 2.63 bits per heavy atom. The van der Waals surface area contributed by atoms with E-state index in [9.17, 15) is 4.79 Å². The normalized spacial score (nSPS) is 10.2. The number of nitrogens with zero attached hydrogens (tertiary/aromatic N) is 2. The standard InChI is InChI=1S/C15H16N2O2/c1-11-10-13(12-6-4-3-5-7-12)17-14(16-11)8-9-15(18)19-2/h3-7,10H,8-9H2,1-2H3. The Bertz CT molecular complexity index is 568. The number of rotatable bonds is 4. The number of methoxy groups -OCH3 is 1. The molecule has 0 radical (unpaired) electrons. The summed E-state index contributed by atoms with van der Waals surface area (Å²) in [6.07, 6.45) is 0.794. The molecule has 0 aliphatic carbocycles. The average molecular weight is 256 g/mol. The summed E-state index contributed by atoms with van der Waals surface area (Å²) < 4.78 is 4.62. The number of carbonyl (C=O) groups excluding carboxylic acids is 1. The third-order valence-electron chi connectivity index (χ3n) is 2.75. The van der Waals surface area contributed by atoms with Crippen LogP contribution in [-0.2, 0) is 16.0 Å². The first kappa shape index (κ1) is 13.2. The van der Waals surface area contributed by atoms with Crippen LogP contribution in [-0.4, -0.2) is 23.0 Å². The fourth-order valence-electron chi connectivity index (χ4n) is 1.81. The van der Waals surface area contributed by atoms with Crippen LogP contribution in [0.4, 0.5) is 0 Å². The molecular formula is C15H16N2O2. The van der Waals surface area contributed by atoms with E-state index in [0.717, 1.165) is 17.0 Å². The van der Waals surface area contributed by atoms with Gasteiger partial charge in [-0.05, 0) is 13.0 Å². The molecule has 0 N–H and O–H groups in total. The van der Waals surface area contributed by atoms with Gasteiger partial charge < -0.3 is 4.74 Å². The van der Waals surface area contributed by atoms with Crippen molar-refractivity contribution in [1.82, 2.24) is 9.97 Å². The molecule has 0 bridgehead atoms. The number of ether oxygens (including phenoxy) is 1. The van der Waals surface area contributed by atoms with E-state index in [2.05, 4.69) is 14.7 Å². The molecule has 0 spiro atoms. The van der Waals surface area contributed by atoms with Gasteiger partial charge in [0.15, 0.2) is 0 Å². The van der Waals surface area contributed by atoms with Crippen LogP contribution >= 0.6 is 0 Å². The molecule has 0 saturated carbocycles. The SMILES string of the molecule is COC(=O)CCc1nc(C)cc(-c2ccccc2)n1. The minimum absolute atomic E-state index is 0.244. The first-order valence-corrected chi connectivity index (χ1v) is 6.16. The van der Waals surface area contributed by atoms with E-state index in [1.54, 1.807) is 0 Å². The second kappa shape index (κ2) is 6.09. The van der Waals surface area contributed by atoms with Crippen molar-refractivity contribution in [3.05, 3.63) is 47.9 Å². The van der Waals surface area contributed by atoms with Crippen LogP contribution in [0.3, 0.4) is 0 Å². The summed E-state index contributed by atoms with van der Waals surface area (Å²) in [6.45, 7) is 1.93. The van der Waals surface area contributed by atoms with Crippen LogP contribution in [0.1, 0.15) is 17.9 Å². The molecule has 0 saturated heterocycles. The predicted molar refractivity (Wildman–Crippen MR) is 72.5 cm³/mol. The highest BCUT2D eigenvalue weighted by molar-refractivity contribution is 5.69. The number of benzene rings is 1. The second-order valence-electron chi connectivity index (χ2n) is 4.25. The molecule has 0 unspecified atom stereocenters. The van der Waals surface area contributed by atoms with Crippen molar-refractivity contribution in [2.24, 2.45) is 0 Å². The molecule has 2 rings (SSSR count). The Kier molecular flexibility index (Phi) is 4.23. The molecule has 0 aliphatic heterocycles. The van der Waals surface area contributed by atoms with E-state index in [0.29, 0.717) is 18.7 Å². The largest absolute Gasteiger partial charge is 0.469 e. The van der Waals surface area contributed by atoms with Gasteiger partial charge in [-0.3, -0.25) is 4.79 Å². The predicted octanol–water partition coefficient (Wildman–Crippen LogP) is 2.56. The highest BCUT2D eigenvalue weighted by Crippen LogP contribution is 2.17. The second-order valence-corrected chi connectivity index (χ2v) is 4.25. The van der Waals surface area contributed by atoms with E-state index in [4.69, 9.17) is 0 Å². The first-order chi connectivity index (χ1) is 9.19. The zero-order chi connectivity index (χ0) is 13.7. The summed E-state index contributed by atoms with van der Waals surface area (Å²) in [5, 5.41) is 0. The zero-order valence-electron chi connectivity index (χ0n) is 11.1. The number of hydrogen-bond donors (Lipinski definition) is 0. The lowest BCUT2D eigenvalue weighted by Gasteiger charge is -2.06. The van der Waals surface area contributed by atoms with E-state index in [-0.39, 0.29) is 5.97 Å². The quantitative estimate of drug-likeness (QED) is 0.789. The van der Waals surface area contributed by atoms with E-state index in [1.165, 1.54) is 7.11 Å². The molecule has 0 amide bonds. The lowest BCUT2D eigenvalue weighted by molar-refractivity contribution is -0.140. The van der Waals surface area contributed by atoms with E-state index < -0.39 is 0 Å². The summed E-state index contributed by atoms with van der Waals surface area (Å²) in [5.41, 5.74) is 2.83. The average Bonchev–Trinajstić information content (AvgIpc) is 2.45. The fourth-order valence-corrected chi connectivity index (χ4v) is 1.81. The van der Waals surface area contributed by atoms with Gasteiger partial charge in [0, 0.05) is 17.7 Å². The highest BCUT2D eigenvalue weighted by Gasteiger charge is 2.07. The summed E-state index contributed by atoms with van der Waals surface area (Å²) >= 11 is 0. The number of hydrogen-bond acceptors (Lipinski definition) is 4. The summed E-state index contributed by atoms with van der Waals surface area (Å²) in [6, 6.07) is 11.9. The monoisotopic (exact) mass is 256 g/mol. The lowest BCUT2D eigenvalue weighted by Crippen LogP contribution is -2.05. The van der Waals surface area contributed by atoms with Crippen LogP contribution in [0.15, 0.2) is 36.4 Å². The van der Waals surface area contributed by atoms with Crippen LogP contribution < -0.4 is 0 Å². The Morgan fingerprint density at radius 1 is 1.21 bits per heavy atom. The Labute approximate surface area is 112 Å². The summed E-state index contributed by atoms with van der Waals surface area (Å²) in [5.74, 6) is 0.427. The molecule has 0 fully saturated rings. The topological polar surface area (TPSA) is 52.1 Å². The first-order valence-electron chi connectivity index (χ1n) is 6.16. The van der Waals surface area contributed by atoms with Crippen LogP contribution in [0.2, 0.25) is 0 Å². The van der Waals surface area contributed by atoms with E-state index >= 15 is 0 Å². The fraction of sp³-hybridized carbons (Fsp3) is 0.267. The van der Waals surface area contributed by atoms with Gasteiger partial charge in [0.2, 0.25) is 0 Å². The van der Waals surface area contributed by atoms with Gasteiger partial charge in [-0.2, -0.15) is 0 Å². The lowest BCUT2D eigenvalue weighted by atomic mass is 10.1. The van der Waals surface area contributed by atoms with Gasteiger partial charge in [-0.15, -0.1) is 0 Å². The Balaban J connectivity index is 2.22. The number of aryl methyl sites for hydroxylation is 2. The summed E-state index contributed by atoms with van der Waals surface area (Å²) in [4.78, 5) is 20.0. The van der Waals surface area contributed by atoms with Crippen LogP contribution in [0.5, 0.6) is 0 Å². The van der Waals surface area contributed by atoms with Gasteiger partial charge in [0.05, 0.1) is 19.2 Å². The van der Waals surface area contributed by atoms with Gasteiger partial charge in [0.25, 0.3) is 0 Å². The zero-order valence-corrected chi connectivity index (χ0v) is 11.1. The maximum atomic E-state index is 11.1. The van der Waals surface area contributed by atoms with Crippen molar-refractivity contribution in [3.63, 3.8) is 0 Å². The van der Waals surface area contributed by atoms with Crippen molar-refractivity contribution in [2.75, 3.05) is 7.11 Å². The van der Waals surface area contributed by atoms with Gasteiger partial charge in [0.1, 0.15) is 5.82 Å². The highest BCUT2D eigenvalue weighted by atomic mass is 16.5. The molecule has 98 valence electrons. The molecule has 1 heterocycles. The molecule has 2 aromatic rings. The number of esters is 1. The summed E-state index contributed by atoms with van der Waals surface area (Å²) in [7, 11) is 1.38. The number of aromatic nitrogens is 2. The number of carbonyl (C=O) groups is 1. The molecule has 4 nitrogen and oxygen atoms in total.